The van der Waals surface area contributed by atoms with Gasteiger partial charge in [-0.3, -0.25) is 0 Å². The molecule has 1 aliphatic heterocycles. The van der Waals surface area contributed by atoms with E-state index in [1.807, 2.05) is 11.8 Å². The quantitative estimate of drug-likeness (QED) is 0.499. The smallest absolute Gasteiger partial charge is 0.123 e. The molecule has 0 N–H and O–H groups in total. The van der Waals surface area contributed by atoms with Crippen molar-refractivity contribution in [2.45, 2.75) is 26.2 Å². The predicted molar refractivity (Wildman–Crippen MR) is 62.8 cm³/mol. The molecule has 1 aliphatic rings. The average Bonchev–Trinajstić information content (AvgIpc) is 2.25. The Morgan fingerprint density at radius 1 is 1.43 bits per heavy atom. The Morgan fingerprint density at radius 2 is 2.14 bits per heavy atom. The largest absolute Gasteiger partial charge is 0.303 e. The molecule has 14 heavy (non-hydrogen) atoms. The van der Waals surface area contributed by atoms with E-state index in [1.54, 1.807) is 0 Å². The summed E-state index contributed by atoms with van der Waals surface area (Å²) in [6.45, 7) is 5.68. The number of nitrogens with zero attached hydrogens (tertiary/aromatic N) is 1. The fourth-order valence-corrected chi connectivity index (χ4v) is 2.47. The molecule has 0 aliphatic carbocycles. The molecule has 0 aromatic rings. The van der Waals surface area contributed by atoms with Gasteiger partial charge in [-0.2, -0.15) is 11.8 Å². The van der Waals surface area contributed by atoms with Gasteiger partial charge in [0.1, 0.15) is 6.29 Å². The van der Waals surface area contributed by atoms with Crippen molar-refractivity contribution >= 4 is 18.0 Å². The highest BCUT2D eigenvalue weighted by atomic mass is 32.2. The fourth-order valence-electron chi connectivity index (χ4n) is 1.85. The van der Waals surface area contributed by atoms with Gasteiger partial charge in [0.15, 0.2) is 0 Å². The molecular weight excluding hydrogens is 194 g/mol. The summed E-state index contributed by atoms with van der Waals surface area (Å²) in [5.74, 6) is 2.86. The molecule has 0 atom stereocenters. The van der Waals surface area contributed by atoms with Gasteiger partial charge in [0.25, 0.3) is 0 Å². The number of hydrogen-bond donors (Lipinski definition) is 0. The minimum Gasteiger partial charge on any atom is -0.303 e. The first-order chi connectivity index (χ1) is 6.86. The van der Waals surface area contributed by atoms with Gasteiger partial charge >= 0.3 is 0 Å². The summed E-state index contributed by atoms with van der Waals surface area (Å²) < 4.78 is 0. The van der Waals surface area contributed by atoms with Gasteiger partial charge in [-0.1, -0.05) is 6.92 Å². The molecule has 0 saturated carbocycles. The summed E-state index contributed by atoms with van der Waals surface area (Å²) in [6.07, 6.45) is 4.57. The van der Waals surface area contributed by atoms with E-state index in [1.165, 1.54) is 24.5 Å². The van der Waals surface area contributed by atoms with Crippen LogP contribution in [0.3, 0.4) is 0 Å². The molecule has 0 radical (unpaired) electrons. The molecule has 0 unspecified atom stereocenters. The van der Waals surface area contributed by atoms with Crippen LogP contribution in [-0.2, 0) is 4.79 Å². The van der Waals surface area contributed by atoms with Crippen LogP contribution in [-0.4, -0.2) is 42.3 Å². The van der Waals surface area contributed by atoms with Crippen molar-refractivity contribution in [3.05, 3.63) is 0 Å². The van der Waals surface area contributed by atoms with Gasteiger partial charge in [-0.05, 0) is 50.4 Å². The summed E-state index contributed by atoms with van der Waals surface area (Å²) in [5, 5.41) is 0. The van der Waals surface area contributed by atoms with Crippen molar-refractivity contribution in [3.8, 4) is 0 Å². The molecule has 0 spiro atoms. The van der Waals surface area contributed by atoms with Gasteiger partial charge in [-0.15, -0.1) is 0 Å². The zero-order valence-electron chi connectivity index (χ0n) is 9.08. The standard InChI is InChI=1S/C11H21NOS/c1-2-14-9-3-6-12-7-4-11(10-13)5-8-12/h10-11H,2-9H2,1H3. The Bertz CT molecular complexity index is 155. The monoisotopic (exact) mass is 215 g/mol. The number of rotatable bonds is 6. The molecule has 2 nitrogen and oxygen atoms in total. The Balaban J connectivity index is 2.01. The first-order valence-corrected chi connectivity index (χ1v) is 6.77. The number of piperidine rings is 1. The zero-order chi connectivity index (χ0) is 10.2. The maximum absolute atomic E-state index is 10.5. The highest BCUT2D eigenvalue weighted by Crippen LogP contribution is 2.15. The van der Waals surface area contributed by atoms with Crippen LogP contribution in [0.4, 0.5) is 0 Å². The van der Waals surface area contributed by atoms with Crippen molar-refractivity contribution in [1.82, 2.24) is 4.90 Å². The van der Waals surface area contributed by atoms with E-state index < -0.39 is 0 Å². The van der Waals surface area contributed by atoms with Crippen LogP contribution in [0.2, 0.25) is 0 Å². The number of thioether (sulfide) groups is 1. The van der Waals surface area contributed by atoms with Crippen LogP contribution in [0, 0.1) is 5.92 Å². The molecule has 82 valence electrons. The Labute approximate surface area is 91.4 Å². The second kappa shape index (κ2) is 7.30. The average molecular weight is 215 g/mol. The predicted octanol–water partition coefficient (Wildman–Crippen LogP) is 2.04. The lowest BCUT2D eigenvalue weighted by molar-refractivity contribution is -0.112. The highest BCUT2D eigenvalue weighted by Gasteiger charge is 2.17. The first-order valence-electron chi connectivity index (χ1n) is 5.62. The van der Waals surface area contributed by atoms with Gasteiger partial charge in [0.05, 0.1) is 0 Å². The van der Waals surface area contributed by atoms with E-state index in [0.717, 1.165) is 32.2 Å². The first kappa shape index (κ1) is 12.1. The second-order valence-corrected chi connectivity index (χ2v) is 5.26. The van der Waals surface area contributed by atoms with Crippen molar-refractivity contribution in [3.63, 3.8) is 0 Å². The van der Waals surface area contributed by atoms with Crippen molar-refractivity contribution in [1.29, 1.82) is 0 Å². The lowest BCUT2D eigenvalue weighted by Gasteiger charge is -2.29. The van der Waals surface area contributed by atoms with E-state index in [9.17, 15) is 4.79 Å². The van der Waals surface area contributed by atoms with Crippen LogP contribution >= 0.6 is 11.8 Å². The zero-order valence-corrected chi connectivity index (χ0v) is 9.89. The molecule has 1 heterocycles. The molecule has 0 aromatic carbocycles. The van der Waals surface area contributed by atoms with E-state index in [4.69, 9.17) is 0 Å². The van der Waals surface area contributed by atoms with Crippen LogP contribution in [0.25, 0.3) is 0 Å². The molecule has 1 fully saturated rings. The number of carbonyl (C=O) groups is 1. The Kier molecular flexibility index (Phi) is 6.28. The molecule has 0 aromatic heterocycles. The molecule has 3 heteroatoms. The summed E-state index contributed by atoms with van der Waals surface area (Å²) in [4.78, 5) is 13.0. The van der Waals surface area contributed by atoms with Crippen LogP contribution in [0.5, 0.6) is 0 Å². The summed E-state index contributed by atoms with van der Waals surface area (Å²) in [5.41, 5.74) is 0. The number of likely N-dealkylation sites (tertiary alicyclic amines) is 1. The maximum atomic E-state index is 10.5. The third-order valence-corrected chi connectivity index (χ3v) is 3.78. The minimum atomic E-state index is 0.344. The normalized spacial score (nSPS) is 19.8. The summed E-state index contributed by atoms with van der Waals surface area (Å²) in [6, 6.07) is 0. The number of aldehydes is 1. The van der Waals surface area contributed by atoms with Crippen molar-refractivity contribution < 1.29 is 4.79 Å². The Hall–Kier alpha value is -0.0200. The third kappa shape index (κ3) is 4.47. The molecular formula is C11H21NOS. The lowest BCUT2D eigenvalue weighted by Crippen LogP contribution is -2.34. The highest BCUT2D eigenvalue weighted by molar-refractivity contribution is 7.99. The SMILES string of the molecule is CCSCCCN1CCC(C=O)CC1. The van der Waals surface area contributed by atoms with E-state index in [2.05, 4.69) is 11.8 Å². The summed E-state index contributed by atoms with van der Waals surface area (Å²) >= 11 is 2.02. The van der Waals surface area contributed by atoms with Crippen molar-refractivity contribution in [2.75, 3.05) is 31.1 Å². The summed E-state index contributed by atoms with van der Waals surface area (Å²) in [7, 11) is 0. The molecule has 0 amide bonds. The van der Waals surface area contributed by atoms with Gasteiger partial charge < -0.3 is 9.69 Å². The molecule has 0 bridgehead atoms. The van der Waals surface area contributed by atoms with E-state index in [-0.39, 0.29) is 0 Å². The fraction of sp³-hybridized carbons (Fsp3) is 0.909. The number of carbonyl (C=O) groups excluding carboxylic acids is 1. The minimum absolute atomic E-state index is 0.344. The topological polar surface area (TPSA) is 20.3 Å². The lowest BCUT2D eigenvalue weighted by atomic mass is 9.99. The molecule has 1 saturated heterocycles. The van der Waals surface area contributed by atoms with Crippen LogP contribution < -0.4 is 0 Å². The van der Waals surface area contributed by atoms with Crippen molar-refractivity contribution in [2.24, 2.45) is 5.92 Å². The van der Waals surface area contributed by atoms with E-state index in [0.29, 0.717) is 5.92 Å². The second-order valence-electron chi connectivity index (χ2n) is 3.87. The van der Waals surface area contributed by atoms with Gasteiger partial charge in [-0.25, -0.2) is 0 Å². The maximum Gasteiger partial charge on any atom is 0.123 e. The van der Waals surface area contributed by atoms with E-state index >= 15 is 0 Å². The number of hydrogen-bond acceptors (Lipinski definition) is 3. The third-order valence-electron chi connectivity index (χ3n) is 2.79. The van der Waals surface area contributed by atoms with Gasteiger partial charge in [0.2, 0.25) is 0 Å². The van der Waals surface area contributed by atoms with Gasteiger partial charge in [0, 0.05) is 5.92 Å². The molecule has 1 rings (SSSR count). The Morgan fingerprint density at radius 3 is 2.71 bits per heavy atom. The van der Waals surface area contributed by atoms with Crippen LogP contribution in [0.1, 0.15) is 26.2 Å². The van der Waals surface area contributed by atoms with Crippen LogP contribution in [0.15, 0.2) is 0 Å².